The van der Waals surface area contributed by atoms with Crippen molar-refractivity contribution in [3.63, 3.8) is 0 Å². The Morgan fingerprint density at radius 2 is 1.78 bits per heavy atom. The van der Waals surface area contributed by atoms with Gasteiger partial charge in [0.05, 0.1) is 5.50 Å². The number of hydrogen-bond donors (Lipinski definition) is 0. The van der Waals surface area contributed by atoms with Gasteiger partial charge in [-0.25, -0.2) is 0 Å². The lowest BCUT2D eigenvalue weighted by Crippen LogP contribution is -2.41. The molecule has 9 heavy (non-hydrogen) atoms. The molecule has 0 aromatic carbocycles. The average Bonchev–Trinajstić information content (AvgIpc) is 1.62. The minimum absolute atomic E-state index is 0.441. The van der Waals surface area contributed by atoms with Crippen LogP contribution in [0.2, 0.25) is 0 Å². The molecule has 0 aromatic heterocycles. The Bertz CT molecular complexity index is 93.1. The molecule has 7 heteroatoms. The van der Waals surface area contributed by atoms with Crippen LogP contribution in [0.5, 0.6) is 0 Å². The van der Waals surface area contributed by atoms with Crippen LogP contribution in [0.3, 0.4) is 0 Å². The van der Waals surface area contributed by atoms with Gasteiger partial charge in [-0.3, -0.25) is 0 Å². The van der Waals surface area contributed by atoms with Crippen LogP contribution in [0.4, 0.5) is 0 Å². The highest BCUT2D eigenvalue weighted by Crippen LogP contribution is 2.25. The van der Waals surface area contributed by atoms with Crippen molar-refractivity contribution in [2.24, 2.45) is 0 Å². The molecule has 0 N–H and O–H groups in total. The monoisotopic (exact) mass is 221 g/mol. The fourth-order valence-corrected chi connectivity index (χ4v) is 2.81. The summed E-state index contributed by atoms with van der Waals surface area (Å²) in [6.07, 6.45) is -2.93. The van der Waals surface area contributed by atoms with E-state index in [2.05, 4.69) is 0 Å². The molecule has 0 aromatic rings. The van der Waals surface area contributed by atoms with E-state index < -0.39 is 11.7 Å². The van der Waals surface area contributed by atoms with Gasteiger partial charge >= 0.3 is 6.16 Å². The molecule has 0 rings (SSSR count). The molecule has 52 valence electrons. The summed E-state index contributed by atoms with van der Waals surface area (Å²) < 4.78 is 1.05. The summed E-state index contributed by atoms with van der Waals surface area (Å²) in [6, 6.07) is 0. The SMILES string of the molecule is [B]N(C(C)Cl)[Si](Cl)(Cl)Cl. The van der Waals surface area contributed by atoms with Gasteiger partial charge in [0, 0.05) is 0 Å². The molecule has 0 bridgehead atoms. The normalized spacial score (nSPS) is 16.2. The maximum Gasteiger partial charge on any atom is 0.413 e. The minimum atomic E-state index is -2.93. The average molecular weight is 223 g/mol. The highest BCUT2D eigenvalue weighted by atomic mass is 35.8. The summed E-state index contributed by atoms with van der Waals surface area (Å²) in [5.74, 6) is 0. The van der Waals surface area contributed by atoms with Crippen LogP contribution in [0.15, 0.2) is 0 Å². The Balaban J connectivity index is 3.88. The molecule has 1 nitrogen and oxygen atoms in total. The van der Waals surface area contributed by atoms with Crippen LogP contribution < -0.4 is 0 Å². The molecule has 0 aliphatic heterocycles. The van der Waals surface area contributed by atoms with Crippen LogP contribution in [0, 0.1) is 0 Å². The fourth-order valence-electron chi connectivity index (χ4n) is 0.202. The molecule has 0 aliphatic carbocycles. The van der Waals surface area contributed by atoms with Crippen LogP contribution >= 0.6 is 44.8 Å². The molecule has 2 radical (unpaired) electrons. The van der Waals surface area contributed by atoms with Crippen molar-refractivity contribution >= 4 is 59.0 Å². The highest BCUT2D eigenvalue weighted by molar-refractivity contribution is 7.64. The third kappa shape index (κ3) is 3.96. The van der Waals surface area contributed by atoms with E-state index in [1.807, 2.05) is 0 Å². The van der Waals surface area contributed by atoms with Gasteiger partial charge in [-0.15, -0.1) is 44.8 Å². The zero-order valence-electron chi connectivity index (χ0n) is 4.61. The Labute approximate surface area is 75.8 Å². The molecule has 0 amide bonds. The molecule has 1 atom stereocenters. The molecule has 0 saturated heterocycles. The Morgan fingerprint density at radius 3 is 1.78 bits per heavy atom. The van der Waals surface area contributed by atoms with E-state index in [1.165, 1.54) is 0 Å². The van der Waals surface area contributed by atoms with E-state index in [1.54, 1.807) is 6.92 Å². The molecular weight excluding hydrogens is 219 g/mol. The van der Waals surface area contributed by atoms with E-state index >= 15 is 0 Å². The first-order valence-corrected chi connectivity index (χ1v) is 7.52. The first kappa shape index (κ1) is 10.4. The van der Waals surface area contributed by atoms with E-state index in [-0.39, 0.29) is 0 Å². The fraction of sp³-hybridized carbons (Fsp3) is 1.00. The van der Waals surface area contributed by atoms with E-state index in [0.29, 0.717) is 0 Å². The third-order valence-electron chi connectivity index (χ3n) is 0.676. The van der Waals surface area contributed by atoms with E-state index in [4.69, 9.17) is 52.8 Å². The van der Waals surface area contributed by atoms with Gasteiger partial charge < -0.3 is 4.48 Å². The molecule has 0 aliphatic rings. The molecule has 0 spiro atoms. The second-order valence-corrected chi connectivity index (χ2v) is 10.2. The number of nitrogens with zero attached hydrogens (tertiary/aromatic N) is 1. The molecule has 1 unspecified atom stereocenters. The van der Waals surface area contributed by atoms with Crippen molar-refractivity contribution in [2.45, 2.75) is 12.4 Å². The summed E-state index contributed by atoms with van der Waals surface area (Å²) in [4.78, 5) is 0. The lowest BCUT2D eigenvalue weighted by Gasteiger charge is -2.25. The Morgan fingerprint density at radius 1 is 1.44 bits per heavy atom. The predicted octanol–water partition coefficient (Wildman–Crippen LogP) is 2.11. The number of halogens is 4. The van der Waals surface area contributed by atoms with Crippen LogP contribution in [-0.2, 0) is 0 Å². The lowest BCUT2D eigenvalue weighted by atomic mass is 10.4. The smallest absolute Gasteiger partial charge is 0.325 e. The summed E-state index contributed by atoms with van der Waals surface area (Å²) in [6.45, 7) is 1.64. The first-order chi connectivity index (χ1) is 3.85. The highest BCUT2D eigenvalue weighted by Gasteiger charge is 2.33. The van der Waals surface area contributed by atoms with Gasteiger partial charge in [-0.2, -0.15) is 0 Å². The van der Waals surface area contributed by atoms with Gasteiger partial charge in [0.2, 0.25) is 0 Å². The lowest BCUT2D eigenvalue weighted by molar-refractivity contribution is 0.668. The van der Waals surface area contributed by atoms with Crippen LogP contribution in [0.25, 0.3) is 0 Å². The van der Waals surface area contributed by atoms with Gasteiger partial charge in [-0.05, 0) is 6.92 Å². The summed E-state index contributed by atoms with van der Waals surface area (Å²) >= 11 is 21.9. The predicted molar refractivity (Wildman–Crippen MR) is 46.2 cm³/mol. The van der Waals surface area contributed by atoms with Gasteiger partial charge in [0.15, 0.2) is 7.98 Å². The molecule has 0 fully saturated rings. The summed E-state index contributed by atoms with van der Waals surface area (Å²) in [5.41, 5.74) is -0.441. The summed E-state index contributed by atoms with van der Waals surface area (Å²) in [7, 11) is 5.26. The van der Waals surface area contributed by atoms with Crippen molar-refractivity contribution in [3.05, 3.63) is 0 Å². The summed E-state index contributed by atoms with van der Waals surface area (Å²) in [5, 5.41) is 0. The standard InChI is InChI=1S/C2H4BCl4NSi/c1-2(4)8(3)9(5,6)7/h2H,1H3. The Hall–Kier alpha value is 1.40. The number of rotatable bonds is 2. The van der Waals surface area contributed by atoms with Gasteiger partial charge in [0.1, 0.15) is 0 Å². The third-order valence-corrected chi connectivity index (χ3v) is 3.78. The zero-order valence-corrected chi connectivity index (χ0v) is 8.64. The maximum atomic E-state index is 5.50. The first-order valence-electron chi connectivity index (χ1n) is 2.10. The zero-order chi connectivity index (χ0) is 7.65. The maximum absolute atomic E-state index is 5.50. The van der Waals surface area contributed by atoms with Crippen molar-refractivity contribution < 1.29 is 0 Å². The number of hydrogen-bond acceptors (Lipinski definition) is 1. The topological polar surface area (TPSA) is 3.24 Å². The second kappa shape index (κ2) is 3.70. The molecule has 0 heterocycles. The molecular formula is C2H4BCl4NSi. The van der Waals surface area contributed by atoms with Gasteiger partial charge in [-0.1, -0.05) is 0 Å². The van der Waals surface area contributed by atoms with Crippen molar-refractivity contribution in [3.8, 4) is 0 Å². The van der Waals surface area contributed by atoms with Gasteiger partial charge in [0.25, 0.3) is 0 Å². The largest absolute Gasteiger partial charge is 0.413 e. The quantitative estimate of drug-likeness (QED) is 0.300. The number of alkyl halides is 1. The molecule has 0 saturated carbocycles. The van der Waals surface area contributed by atoms with Crippen LogP contribution in [0.1, 0.15) is 6.92 Å². The van der Waals surface area contributed by atoms with Crippen molar-refractivity contribution in [2.75, 3.05) is 0 Å². The minimum Gasteiger partial charge on any atom is -0.325 e. The van der Waals surface area contributed by atoms with Crippen LogP contribution in [-0.4, -0.2) is 24.1 Å². The Kier molecular flexibility index (Phi) is 4.27. The van der Waals surface area contributed by atoms with Crippen molar-refractivity contribution in [1.29, 1.82) is 0 Å². The van der Waals surface area contributed by atoms with E-state index in [0.717, 1.165) is 4.48 Å². The van der Waals surface area contributed by atoms with E-state index in [9.17, 15) is 0 Å². The second-order valence-electron chi connectivity index (χ2n) is 1.45. The van der Waals surface area contributed by atoms with Crippen molar-refractivity contribution in [1.82, 2.24) is 4.48 Å².